The third-order valence-electron chi connectivity index (χ3n) is 7.66. The number of nitrogens with zero attached hydrogens (tertiary/aromatic N) is 3. The Morgan fingerprint density at radius 2 is 1.79 bits per heavy atom. The largest absolute Gasteiger partial charge is 0.436 e. The van der Waals surface area contributed by atoms with E-state index in [0.717, 1.165) is 46.0 Å². The van der Waals surface area contributed by atoms with Crippen LogP contribution in [0, 0.1) is 0 Å². The summed E-state index contributed by atoms with van der Waals surface area (Å²) in [5.41, 5.74) is 3.51. The van der Waals surface area contributed by atoms with Crippen molar-refractivity contribution in [1.82, 2.24) is 9.29 Å². The van der Waals surface area contributed by atoms with E-state index in [1.807, 2.05) is 24.3 Å². The van der Waals surface area contributed by atoms with Crippen LogP contribution in [0.15, 0.2) is 87.7 Å². The second kappa shape index (κ2) is 11.6. The van der Waals surface area contributed by atoms with Crippen LogP contribution in [-0.4, -0.2) is 42.1 Å². The molecule has 1 fully saturated rings. The van der Waals surface area contributed by atoms with Crippen molar-refractivity contribution in [3.05, 3.63) is 88.4 Å². The van der Waals surface area contributed by atoms with Gasteiger partial charge in [-0.25, -0.2) is 18.3 Å². The number of oxazole rings is 1. The van der Waals surface area contributed by atoms with Crippen LogP contribution >= 0.6 is 23.2 Å². The topological polar surface area (TPSA) is 101 Å². The summed E-state index contributed by atoms with van der Waals surface area (Å²) in [4.78, 5) is 32.4. The first-order valence-electron chi connectivity index (χ1n) is 13.7. The molecule has 1 saturated heterocycles. The molecule has 0 spiro atoms. The number of benzene rings is 3. The van der Waals surface area contributed by atoms with Gasteiger partial charge in [-0.2, -0.15) is 4.31 Å². The van der Waals surface area contributed by atoms with E-state index in [1.165, 1.54) is 18.2 Å². The summed E-state index contributed by atoms with van der Waals surface area (Å²) < 4.78 is 34.9. The van der Waals surface area contributed by atoms with E-state index in [2.05, 4.69) is 11.1 Å². The Bertz CT molecular complexity index is 1780. The van der Waals surface area contributed by atoms with Gasteiger partial charge in [-0.1, -0.05) is 47.0 Å². The Kier molecular flexibility index (Phi) is 7.93. The van der Waals surface area contributed by atoms with Crippen LogP contribution in [0.1, 0.15) is 38.5 Å². The number of imide groups is 1. The highest BCUT2D eigenvalue weighted by atomic mass is 35.5. The normalized spacial score (nSPS) is 17.8. The Balaban J connectivity index is 1.30. The zero-order valence-corrected chi connectivity index (χ0v) is 24.8. The van der Waals surface area contributed by atoms with Crippen LogP contribution in [0.25, 0.3) is 22.6 Å². The molecule has 1 aliphatic heterocycles. The van der Waals surface area contributed by atoms with Crippen LogP contribution in [0.4, 0.5) is 5.69 Å². The van der Waals surface area contributed by atoms with Gasteiger partial charge < -0.3 is 4.42 Å². The van der Waals surface area contributed by atoms with Gasteiger partial charge in [-0.05, 0) is 86.7 Å². The first kappa shape index (κ1) is 28.6. The van der Waals surface area contributed by atoms with E-state index in [0.29, 0.717) is 29.1 Å². The maximum Gasteiger partial charge on any atom is 0.252 e. The number of hydrogen-bond acceptors (Lipinski definition) is 6. The SMILES string of the molecule is O=C1CC(N(CCC2=CCCCC2)S(=O)(=O)c2cc(Cl)ccc2Cl)C(=O)N1c1ccc(-c2nc3ccccc3o2)cc1. The van der Waals surface area contributed by atoms with Gasteiger partial charge in [0.15, 0.2) is 5.58 Å². The minimum atomic E-state index is -4.29. The fourth-order valence-corrected chi connectivity index (χ4v) is 7.81. The van der Waals surface area contributed by atoms with Crippen LogP contribution in [0.2, 0.25) is 10.0 Å². The van der Waals surface area contributed by atoms with Crippen molar-refractivity contribution in [2.75, 3.05) is 11.4 Å². The number of allylic oxidation sites excluding steroid dienone is 1. The van der Waals surface area contributed by atoms with Crippen molar-refractivity contribution < 1.29 is 22.4 Å². The molecule has 0 radical (unpaired) electrons. The van der Waals surface area contributed by atoms with Crippen LogP contribution in [0.5, 0.6) is 0 Å². The molecule has 1 aromatic heterocycles. The number of halogens is 2. The Labute approximate surface area is 253 Å². The lowest BCUT2D eigenvalue weighted by Crippen LogP contribution is -2.46. The first-order valence-corrected chi connectivity index (χ1v) is 15.9. The van der Waals surface area contributed by atoms with Crippen LogP contribution < -0.4 is 4.90 Å². The monoisotopic (exact) mass is 623 g/mol. The summed E-state index contributed by atoms with van der Waals surface area (Å²) in [5.74, 6) is -0.699. The Morgan fingerprint density at radius 1 is 1.00 bits per heavy atom. The quantitative estimate of drug-likeness (QED) is 0.154. The molecular weight excluding hydrogens is 597 g/mol. The van der Waals surface area contributed by atoms with Crippen LogP contribution in [0.3, 0.4) is 0 Å². The maximum absolute atomic E-state index is 14.0. The van der Waals surface area contributed by atoms with Crippen molar-refractivity contribution >= 4 is 61.8 Å². The summed E-state index contributed by atoms with van der Waals surface area (Å²) in [6, 6.07) is 17.0. The van der Waals surface area contributed by atoms with Crippen molar-refractivity contribution in [1.29, 1.82) is 0 Å². The number of amides is 2. The molecule has 2 amide bonds. The number of carbonyl (C=O) groups is 2. The highest BCUT2D eigenvalue weighted by Crippen LogP contribution is 2.35. The minimum absolute atomic E-state index is 0.00954. The lowest BCUT2D eigenvalue weighted by molar-refractivity contribution is -0.122. The molecule has 0 saturated carbocycles. The van der Waals surface area contributed by atoms with Gasteiger partial charge >= 0.3 is 0 Å². The standard InChI is InChI=1S/C31H27Cl2N3O5S/c32-22-12-15-24(33)28(18-22)42(39,40)35(17-16-20-6-2-1-3-7-20)26-19-29(37)36(31(26)38)23-13-10-21(11-14-23)30-34-25-8-4-5-9-27(25)41-30/h4-6,8-15,18,26H,1-3,7,16-17,19H2. The Morgan fingerprint density at radius 3 is 2.52 bits per heavy atom. The second-order valence-electron chi connectivity index (χ2n) is 10.4. The van der Waals surface area contributed by atoms with Gasteiger partial charge in [0.25, 0.3) is 5.91 Å². The number of hydrogen-bond donors (Lipinski definition) is 0. The fraction of sp³-hybridized carbons (Fsp3) is 0.258. The maximum atomic E-state index is 14.0. The molecule has 42 heavy (non-hydrogen) atoms. The molecule has 0 bridgehead atoms. The summed E-state index contributed by atoms with van der Waals surface area (Å²) in [7, 11) is -4.29. The van der Waals surface area contributed by atoms with E-state index < -0.39 is 27.9 Å². The molecule has 2 aliphatic rings. The molecule has 2 heterocycles. The Hall–Kier alpha value is -3.50. The summed E-state index contributed by atoms with van der Waals surface area (Å²) in [6.45, 7) is 0.0329. The molecule has 3 aromatic carbocycles. The van der Waals surface area contributed by atoms with E-state index in [9.17, 15) is 18.0 Å². The number of anilines is 1. The molecule has 6 rings (SSSR count). The minimum Gasteiger partial charge on any atom is -0.436 e. The molecule has 8 nitrogen and oxygen atoms in total. The first-order chi connectivity index (χ1) is 20.2. The lowest BCUT2D eigenvalue weighted by Gasteiger charge is -2.28. The van der Waals surface area contributed by atoms with E-state index >= 15 is 0 Å². The average molecular weight is 625 g/mol. The molecule has 1 aliphatic carbocycles. The van der Waals surface area contributed by atoms with Crippen molar-refractivity contribution in [2.45, 2.75) is 49.5 Å². The molecule has 4 aromatic rings. The van der Waals surface area contributed by atoms with E-state index in [4.69, 9.17) is 27.6 Å². The molecule has 0 N–H and O–H groups in total. The van der Waals surface area contributed by atoms with Gasteiger partial charge in [0.05, 0.1) is 17.1 Å². The number of carbonyl (C=O) groups excluding carboxylic acids is 2. The van der Waals surface area contributed by atoms with Gasteiger partial charge in [-0.3, -0.25) is 9.59 Å². The highest BCUT2D eigenvalue weighted by molar-refractivity contribution is 7.89. The van der Waals surface area contributed by atoms with Gasteiger partial charge in [0, 0.05) is 17.1 Å². The predicted octanol–water partition coefficient (Wildman–Crippen LogP) is 7.01. The summed E-state index contributed by atoms with van der Waals surface area (Å²) >= 11 is 12.4. The van der Waals surface area contributed by atoms with Gasteiger partial charge in [0.1, 0.15) is 16.5 Å². The molecule has 11 heteroatoms. The molecule has 216 valence electrons. The average Bonchev–Trinajstić information content (AvgIpc) is 3.55. The smallest absolute Gasteiger partial charge is 0.252 e. The number of para-hydroxylation sites is 2. The molecule has 1 unspecified atom stereocenters. The number of sulfonamides is 1. The predicted molar refractivity (Wildman–Crippen MR) is 162 cm³/mol. The van der Waals surface area contributed by atoms with Gasteiger partial charge in [0.2, 0.25) is 21.8 Å². The second-order valence-corrected chi connectivity index (χ2v) is 13.1. The lowest BCUT2D eigenvalue weighted by atomic mass is 9.97. The third-order valence-corrected chi connectivity index (χ3v) is 10.3. The fourth-order valence-electron chi connectivity index (χ4n) is 5.49. The zero-order valence-electron chi connectivity index (χ0n) is 22.5. The summed E-state index contributed by atoms with van der Waals surface area (Å²) in [6.07, 6.45) is 6.24. The van der Waals surface area contributed by atoms with Crippen molar-refractivity contribution in [3.8, 4) is 11.5 Å². The number of rotatable bonds is 8. The van der Waals surface area contributed by atoms with E-state index in [1.54, 1.807) is 24.3 Å². The number of fused-ring (bicyclic) bond motifs is 1. The third kappa shape index (κ3) is 5.49. The van der Waals surface area contributed by atoms with Crippen molar-refractivity contribution in [2.24, 2.45) is 0 Å². The molecular formula is C31H27Cl2N3O5S. The summed E-state index contributed by atoms with van der Waals surface area (Å²) in [5, 5.41) is 0.187. The zero-order chi connectivity index (χ0) is 29.4. The van der Waals surface area contributed by atoms with E-state index in [-0.39, 0.29) is 27.9 Å². The van der Waals surface area contributed by atoms with Gasteiger partial charge in [-0.15, -0.1) is 0 Å². The molecule has 1 atom stereocenters. The number of aromatic nitrogens is 1. The van der Waals surface area contributed by atoms with Crippen LogP contribution in [-0.2, 0) is 19.6 Å². The van der Waals surface area contributed by atoms with Crippen molar-refractivity contribution in [3.63, 3.8) is 0 Å². The highest BCUT2D eigenvalue weighted by Gasteiger charge is 2.47.